The molecule has 8 nitrogen and oxygen atoms in total. The van der Waals surface area contributed by atoms with Crippen LogP contribution in [0.4, 0.5) is 0 Å². The summed E-state index contributed by atoms with van der Waals surface area (Å²) in [7, 11) is 0. The van der Waals surface area contributed by atoms with Gasteiger partial charge in [0.15, 0.2) is 5.78 Å². The SMILES string of the molecule is CC(=O)c1cn(OC2OC(CO)C(O)C(O)C2O)c2ccccc12. The van der Waals surface area contributed by atoms with Crippen LogP contribution in [0.2, 0.25) is 0 Å². The van der Waals surface area contributed by atoms with Gasteiger partial charge in [-0.3, -0.25) is 4.79 Å². The van der Waals surface area contributed by atoms with Gasteiger partial charge in [-0.05, 0) is 13.0 Å². The molecule has 1 aliphatic rings. The minimum Gasteiger partial charge on any atom is -0.394 e. The van der Waals surface area contributed by atoms with Crippen molar-refractivity contribution in [2.75, 3.05) is 6.61 Å². The molecule has 0 aliphatic carbocycles. The molecule has 8 heteroatoms. The number of rotatable bonds is 4. The maximum Gasteiger partial charge on any atom is 0.254 e. The third-order valence-electron chi connectivity index (χ3n) is 4.12. The lowest BCUT2D eigenvalue weighted by Crippen LogP contribution is -2.61. The third-order valence-corrected chi connectivity index (χ3v) is 4.12. The van der Waals surface area contributed by atoms with Crippen LogP contribution >= 0.6 is 0 Å². The normalized spacial score (nSPS) is 30.5. The van der Waals surface area contributed by atoms with Gasteiger partial charge < -0.3 is 30.0 Å². The highest BCUT2D eigenvalue weighted by molar-refractivity contribution is 6.06. The number of fused-ring (bicyclic) bond motifs is 1. The van der Waals surface area contributed by atoms with E-state index in [0.717, 1.165) is 0 Å². The summed E-state index contributed by atoms with van der Waals surface area (Å²) in [4.78, 5) is 17.3. The Morgan fingerprint density at radius 1 is 1.21 bits per heavy atom. The largest absolute Gasteiger partial charge is 0.394 e. The Morgan fingerprint density at radius 2 is 1.92 bits per heavy atom. The number of benzene rings is 1. The number of aliphatic hydroxyl groups is 4. The molecule has 1 saturated heterocycles. The zero-order valence-electron chi connectivity index (χ0n) is 12.9. The molecular weight excluding hydrogens is 318 g/mol. The van der Waals surface area contributed by atoms with Crippen molar-refractivity contribution in [3.63, 3.8) is 0 Å². The molecule has 0 amide bonds. The number of carbonyl (C=O) groups is 1. The molecule has 0 spiro atoms. The van der Waals surface area contributed by atoms with Gasteiger partial charge >= 0.3 is 0 Å². The molecule has 2 heterocycles. The van der Waals surface area contributed by atoms with Crippen molar-refractivity contribution in [1.29, 1.82) is 0 Å². The van der Waals surface area contributed by atoms with Crippen molar-refractivity contribution in [2.24, 2.45) is 0 Å². The second kappa shape index (κ2) is 6.50. The van der Waals surface area contributed by atoms with E-state index in [1.807, 2.05) is 0 Å². The summed E-state index contributed by atoms with van der Waals surface area (Å²) in [6.45, 7) is 0.885. The molecule has 24 heavy (non-hydrogen) atoms. The predicted octanol–water partition coefficient (Wildman–Crippen LogP) is -0.928. The van der Waals surface area contributed by atoms with Gasteiger partial charge in [0.1, 0.15) is 24.4 Å². The zero-order valence-corrected chi connectivity index (χ0v) is 12.9. The summed E-state index contributed by atoms with van der Waals surface area (Å²) >= 11 is 0. The number of hydrogen-bond acceptors (Lipinski definition) is 7. The lowest BCUT2D eigenvalue weighted by molar-refractivity contribution is -0.299. The summed E-state index contributed by atoms with van der Waals surface area (Å²) in [5.74, 6) is -0.151. The standard InChI is InChI=1S/C16H19NO7/c1-8(19)10-6-17(11-5-3-2-4-9(10)11)24-16-15(22)14(21)13(20)12(7-18)23-16/h2-6,12-16,18,20-22H,7H2,1H3. The van der Waals surface area contributed by atoms with Gasteiger partial charge in [-0.15, -0.1) is 0 Å². The van der Waals surface area contributed by atoms with E-state index in [0.29, 0.717) is 16.5 Å². The number of Topliss-reactive ketones (excluding diaryl/α,β-unsaturated/α-hetero) is 1. The summed E-state index contributed by atoms with van der Waals surface area (Å²) in [5.41, 5.74) is 1.02. The monoisotopic (exact) mass is 337 g/mol. The van der Waals surface area contributed by atoms with Crippen molar-refractivity contribution in [3.8, 4) is 0 Å². The van der Waals surface area contributed by atoms with Gasteiger partial charge in [0.05, 0.1) is 18.3 Å². The van der Waals surface area contributed by atoms with Crippen LogP contribution in [0.25, 0.3) is 10.9 Å². The maximum atomic E-state index is 11.8. The van der Waals surface area contributed by atoms with Crippen LogP contribution in [0, 0.1) is 0 Å². The fourth-order valence-corrected chi connectivity index (χ4v) is 2.78. The highest BCUT2D eigenvalue weighted by Gasteiger charge is 2.45. The van der Waals surface area contributed by atoms with Crippen LogP contribution in [0.1, 0.15) is 17.3 Å². The van der Waals surface area contributed by atoms with Crippen LogP contribution in [0.15, 0.2) is 30.5 Å². The molecule has 5 unspecified atom stereocenters. The Labute approximate surface area is 137 Å². The second-order valence-electron chi connectivity index (χ2n) is 5.74. The lowest BCUT2D eigenvalue weighted by atomic mass is 9.99. The first kappa shape index (κ1) is 16.9. The molecule has 5 atom stereocenters. The molecule has 1 aliphatic heterocycles. The van der Waals surface area contributed by atoms with Crippen molar-refractivity contribution < 1.29 is 34.8 Å². The number of nitrogens with zero attached hydrogens (tertiary/aromatic N) is 1. The number of carbonyl (C=O) groups excluding carboxylic acids is 1. The Bertz CT molecular complexity index is 741. The van der Waals surface area contributed by atoms with Crippen molar-refractivity contribution in [3.05, 3.63) is 36.0 Å². The topological polar surface area (TPSA) is 121 Å². The Kier molecular flexibility index (Phi) is 4.57. The van der Waals surface area contributed by atoms with E-state index in [2.05, 4.69) is 0 Å². The smallest absolute Gasteiger partial charge is 0.254 e. The first-order chi connectivity index (χ1) is 11.4. The average molecular weight is 337 g/mol. The van der Waals surface area contributed by atoms with Crippen molar-refractivity contribution in [1.82, 2.24) is 4.73 Å². The van der Waals surface area contributed by atoms with E-state index in [4.69, 9.17) is 9.57 Å². The van der Waals surface area contributed by atoms with Crippen molar-refractivity contribution in [2.45, 2.75) is 37.6 Å². The Morgan fingerprint density at radius 3 is 2.58 bits per heavy atom. The average Bonchev–Trinajstić information content (AvgIpc) is 2.94. The van der Waals surface area contributed by atoms with E-state index in [-0.39, 0.29) is 5.78 Å². The number of para-hydroxylation sites is 1. The minimum absolute atomic E-state index is 0.151. The number of ether oxygens (including phenoxy) is 1. The van der Waals surface area contributed by atoms with Crippen molar-refractivity contribution >= 4 is 16.7 Å². The first-order valence-electron chi connectivity index (χ1n) is 7.52. The summed E-state index contributed by atoms with van der Waals surface area (Å²) < 4.78 is 6.59. The lowest BCUT2D eigenvalue weighted by Gasteiger charge is -2.39. The quantitative estimate of drug-likeness (QED) is 0.532. The Hall–Kier alpha value is -1.97. The summed E-state index contributed by atoms with van der Waals surface area (Å²) in [5, 5.41) is 39.5. The van der Waals surface area contributed by atoms with Crippen LogP contribution in [-0.4, -0.2) is 68.3 Å². The molecule has 0 radical (unpaired) electrons. The molecule has 2 aromatic rings. The molecule has 4 N–H and O–H groups in total. The summed E-state index contributed by atoms with van der Waals surface area (Å²) in [6.07, 6.45) is -5.44. The molecule has 1 aromatic carbocycles. The predicted molar refractivity (Wildman–Crippen MR) is 82.3 cm³/mol. The molecule has 0 saturated carbocycles. The van der Waals surface area contributed by atoms with Crippen LogP contribution in [0.3, 0.4) is 0 Å². The minimum atomic E-state index is -1.53. The number of aliphatic hydroxyl groups excluding tert-OH is 4. The zero-order chi connectivity index (χ0) is 17.4. The van der Waals surface area contributed by atoms with E-state index in [9.17, 15) is 25.2 Å². The van der Waals surface area contributed by atoms with E-state index in [1.165, 1.54) is 17.9 Å². The summed E-state index contributed by atoms with van der Waals surface area (Å²) in [6, 6.07) is 7.04. The highest BCUT2D eigenvalue weighted by atomic mass is 16.8. The van der Waals surface area contributed by atoms with Gasteiger partial charge in [0, 0.05) is 10.9 Å². The van der Waals surface area contributed by atoms with Gasteiger partial charge in [0.25, 0.3) is 6.29 Å². The van der Waals surface area contributed by atoms with Gasteiger partial charge in [-0.25, -0.2) is 0 Å². The van der Waals surface area contributed by atoms with Crippen LogP contribution in [-0.2, 0) is 4.74 Å². The number of aromatic nitrogens is 1. The second-order valence-corrected chi connectivity index (χ2v) is 5.74. The molecule has 1 fully saturated rings. The van der Waals surface area contributed by atoms with Gasteiger partial charge in [0.2, 0.25) is 0 Å². The van der Waals surface area contributed by atoms with E-state index < -0.39 is 37.3 Å². The van der Waals surface area contributed by atoms with E-state index in [1.54, 1.807) is 24.3 Å². The fraction of sp³-hybridized carbons (Fsp3) is 0.438. The molecule has 130 valence electrons. The first-order valence-corrected chi connectivity index (χ1v) is 7.52. The number of hydrogen-bond donors (Lipinski definition) is 4. The van der Waals surface area contributed by atoms with E-state index >= 15 is 0 Å². The van der Waals surface area contributed by atoms with Gasteiger partial charge in [-0.1, -0.05) is 18.2 Å². The van der Waals surface area contributed by atoms with Crippen LogP contribution < -0.4 is 4.84 Å². The highest BCUT2D eigenvalue weighted by Crippen LogP contribution is 2.24. The Balaban J connectivity index is 1.93. The number of ketones is 1. The third kappa shape index (κ3) is 2.79. The fourth-order valence-electron chi connectivity index (χ4n) is 2.78. The molecule has 3 rings (SSSR count). The van der Waals surface area contributed by atoms with Gasteiger partial charge in [-0.2, -0.15) is 4.73 Å². The maximum absolute atomic E-state index is 11.8. The molecule has 1 aromatic heterocycles. The van der Waals surface area contributed by atoms with Crippen LogP contribution in [0.5, 0.6) is 0 Å². The molecule has 0 bridgehead atoms. The molecular formula is C16H19NO7.